The van der Waals surface area contributed by atoms with Crippen molar-refractivity contribution >= 4 is 11.4 Å². The minimum Gasteiger partial charge on any atom is -0.393 e. The minimum atomic E-state index is -0.425. The molecule has 2 saturated carbocycles. The highest BCUT2D eigenvalue weighted by Gasteiger charge is 2.29. The molecule has 0 aliphatic heterocycles. The van der Waals surface area contributed by atoms with Gasteiger partial charge >= 0.3 is 0 Å². The zero-order chi connectivity index (χ0) is 14.1. The van der Waals surface area contributed by atoms with E-state index in [1.54, 1.807) is 6.07 Å². The molecular formula is C15H21N3O2. The van der Waals surface area contributed by atoms with E-state index in [9.17, 15) is 10.1 Å². The van der Waals surface area contributed by atoms with Crippen LogP contribution in [0.3, 0.4) is 0 Å². The SMILES string of the molecule is Nc1cc(CN(CC2CC2)CC2CC2)ccc1[N+](=O)[O-]. The summed E-state index contributed by atoms with van der Waals surface area (Å²) in [6.45, 7) is 3.18. The Morgan fingerprint density at radius 3 is 2.25 bits per heavy atom. The van der Waals surface area contributed by atoms with Crippen LogP contribution in [0.4, 0.5) is 11.4 Å². The summed E-state index contributed by atoms with van der Waals surface area (Å²) in [4.78, 5) is 12.8. The van der Waals surface area contributed by atoms with Gasteiger partial charge in [0.25, 0.3) is 5.69 Å². The summed E-state index contributed by atoms with van der Waals surface area (Å²) in [7, 11) is 0. The maximum atomic E-state index is 10.8. The lowest BCUT2D eigenvalue weighted by Crippen LogP contribution is -2.27. The molecule has 3 rings (SSSR count). The van der Waals surface area contributed by atoms with Crippen molar-refractivity contribution < 1.29 is 4.92 Å². The van der Waals surface area contributed by atoms with Gasteiger partial charge < -0.3 is 5.73 Å². The van der Waals surface area contributed by atoms with Crippen LogP contribution in [0.15, 0.2) is 18.2 Å². The summed E-state index contributed by atoms with van der Waals surface area (Å²) in [5, 5.41) is 10.8. The summed E-state index contributed by atoms with van der Waals surface area (Å²) in [6.07, 6.45) is 5.40. The number of nitrogens with two attached hydrogens (primary N) is 1. The molecule has 0 aromatic heterocycles. The van der Waals surface area contributed by atoms with Gasteiger partial charge in [-0.25, -0.2) is 0 Å². The number of hydrogen-bond acceptors (Lipinski definition) is 4. The highest BCUT2D eigenvalue weighted by atomic mass is 16.6. The largest absolute Gasteiger partial charge is 0.393 e. The van der Waals surface area contributed by atoms with E-state index in [-0.39, 0.29) is 11.4 Å². The Balaban J connectivity index is 1.66. The first-order chi connectivity index (χ1) is 9.61. The molecule has 0 spiro atoms. The summed E-state index contributed by atoms with van der Waals surface area (Å²) in [5.41, 5.74) is 7.12. The first-order valence-electron chi connectivity index (χ1n) is 7.37. The highest BCUT2D eigenvalue weighted by molar-refractivity contribution is 5.59. The topological polar surface area (TPSA) is 72.4 Å². The summed E-state index contributed by atoms with van der Waals surface area (Å²) >= 11 is 0. The number of anilines is 1. The molecule has 0 amide bonds. The van der Waals surface area contributed by atoms with E-state index in [1.807, 2.05) is 6.07 Å². The molecule has 0 heterocycles. The molecule has 0 atom stereocenters. The van der Waals surface area contributed by atoms with Crippen molar-refractivity contribution in [1.29, 1.82) is 0 Å². The van der Waals surface area contributed by atoms with Gasteiger partial charge in [0.05, 0.1) is 4.92 Å². The van der Waals surface area contributed by atoms with Crippen molar-refractivity contribution in [2.45, 2.75) is 32.2 Å². The van der Waals surface area contributed by atoms with Crippen molar-refractivity contribution in [1.82, 2.24) is 4.90 Å². The van der Waals surface area contributed by atoms with E-state index >= 15 is 0 Å². The summed E-state index contributed by atoms with van der Waals surface area (Å²) in [5.74, 6) is 1.73. The second-order valence-electron chi connectivity index (χ2n) is 6.23. The number of nitrogen functional groups attached to an aromatic ring is 1. The lowest BCUT2D eigenvalue weighted by molar-refractivity contribution is -0.383. The third kappa shape index (κ3) is 3.48. The molecule has 2 aliphatic carbocycles. The van der Waals surface area contributed by atoms with Gasteiger partial charge in [-0.1, -0.05) is 6.07 Å². The predicted octanol–water partition coefficient (Wildman–Crippen LogP) is 2.80. The Morgan fingerprint density at radius 1 is 1.20 bits per heavy atom. The van der Waals surface area contributed by atoms with Crippen molar-refractivity contribution in [2.75, 3.05) is 18.8 Å². The first-order valence-corrected chi connectivity index (χ1v) is 7.37. The van der Waals surface area contributed by atoms with E-state index < -0.39 is 4.92 Å². The van der Waals surface area contributed by atoms with Crippen LogP contribution in [0, 0.1) is 22.0 Å². The van der Waals surface area contributed by atoms with Crippen LogP contribution in [0.5, 0.6) is 0 Å². The Labute approximate surface area is 118 Å². The van der Waals surface area contributed by atoms with Crippen LogP contribution < -0.4 is 5.73 Å². The van der Waals surface area contributed by atoms with Crippen molar-refractivity contribution in [3.05, 3.63) is 33.9 Å². The number of hydrogen-bond donors (Lipinski definition) is 1. The molecule has 0 bridgehead atoms. The van der Waals surface area contributed by atoms with E-state index in [0.29, 0.717) is 0 Å². The van der Waals surface area contributed by atoms with Crippen molar-refractivity contribution in [3.8, 4) is 0 Å². The Hall–Kier alpha value is -1.62. The number of benzene rings is 1. The number of rotatable bonds is 7. The Bertz CT molecular complexity index is 496. The minimum absolute atomic E-state index is 0.00434. The zero-order valence-electron chi connectivity index (χ0n) is 11.6. The van der Waals surface area contributed by atoms with Crippen LogP contribution in [-0.4, -0.2) is 22.9 Å². The average molecular weight is 275 g/mol. The van der Waals surface area contributed by atoms with E-state index in [2.05, 4.69) is 4.90 Å². The molecule has 5 nitrogen and oxygen atoms in total. The lowest BCUT2D eigenvalue weighted by Gasteiger charge is -2.22. The quantitative estimate of drug-likeness (QED) is 0.472. The van der Waals surface area contributed by atoms with Crippen LogP contribution in [0.25, 0.3) is 0 Å². The molecule has 1 aromatic carbocycles. The fraction of sp³-hybridized carbons (Fsp3) is 0.600. The molecule has 0 saturated heterocycles. The number of nitro groups is 1. The third-order valence-corrected chi connectivity index (χ3v) is 4.12. The van der Waals surface area contributed by atoms with Gasteiger partial charge in [-0.15, -0.1) is 0 Å². The normalized spacial score (nSPS) is 18.4. The maximum absolute atomic E-state index is 10.8. The van der Waals surface area contributed by atoms with Crippen molar-refractivity contribution in [2.24, 2.45) is 11.8 Å². The number of nitro benzene ring substituents is 1. The molecule has 108 valence electrons. The van der Waals surface area contributed by atoms with E-state index in [1.165, 1.54) is 31.7 Å². The summed E-state index contributed by atoms with van der Waals surface area (Å²) in [6, 6.07) is 5.11. The molecule has 0 radical (unpaired) electrons. The average Bonchev–Trinajstić information content (AvgIpc) is 3.24. The van der Waals surface area contributed by atoms with Gasteiger partial charge in [-0.2, -0.15) is 0 Å². The zero-order valence-corrected chi connectivity index (χ0v) is 11.6. The molecule has 2 aliphatic rings. The predicted molar refractivity (Wildman–Crippen MR) is 78.2 cm³/mol. The molecule has 2 fully saturated rings. The standard InChI is InChI=1S/C15H21N3O2/c16-14-7-13(5-6-15(14)18(19)20)10-17(8-11-1-2-11)9-12-3-4-12/h5-7,11-12H,1-4,8-10,16H2. The Kier molecular flexibility index (Phi) is 3.61. The van der Waals surface area contributed by atoms with Crippen LogP contribution in [0.2, 0.25) is 0 Å². The first kappa shape index (κ1) is 13.4. The van der Waals surface area contributed by atoms with Gasteiger partial charge in [0.2, 0.25) is 0 Å². The smallest absolute Gasteiger partial charge is 0.292 e. The van der Waals surface area contributed by atoms with Crippen LogP contribution in [-0.2, 0) is 6.54 Å². The van der Waals surface area contributed by atoms with E-state index in [0.717, 1.165) is 37.0 Å². The molecular weight excluding hydrogens is 254 g/mol. The molecule has 1 aromatic rings. The highest BCUT2D eigenvalue weighted by Crippen LogP contribution is 2.34. The van der Waals surface area contributed by atoms with Gasteiger partial charge in [0.15, 0.2) is 0 Å². The third-order valence-electron chi connectivity index (χ3n) is 4.12. The van der Waals surface area contributed by atoms with Crippen LogP contribution in [0.1, 0.15) is 31.2 Å². The van der Waals surface area contributed by atoms with E-state index in [4.69, 9.17) is 5.73 Å². The second kappa shape index (κ2) is 5.40. The number of nitrogens with zero attached hydrogens (tertiary/aromatic N) is 2. The lowest BCUT2D eigenvalue weighted by atomic mass is 10.1. The maximum Gasteiger partial charge on any atom is 0.292 e. The molecule has 0 unspecified atom stereocenters. The monoisotopic (exact) mass is 275 g/mol. The fourth-order valence-electron chi connectivity index (χ4n) is 2.66. The molecule has 2 N–H and O–H groups in total. The summed E-state index contributed by atoms with van der Waals surface area (Å²) < 4.78 is 0. The van der Waals surface area contributed by atoms with Crippen molar-refractivity contribution in [3.63, 3.8) is 0 Å². The van der Waals surface area contributed by atoms with Gasteiger partial charge in [-0.3, -0.25) is 15.0 Å². The molecule has 20 heavy (non-hydrogen) atoms. The van der Waals surface area contributed by atoms with Gasteiger partial charge in [-0.05, 0) is 49.1 Å². The van der Waals surface area contributed by atoms with Gasteiger partial charge in [0.1, 0.15) is 5.69 Å². The molecule has 5 heteroatoms. The fourth-order valence-corrected chi connectivity index (χ4v) is 2.66. The Morgan fingerprint density at radius 2 is 1.80 bits per heavy atom. The van der Waals surface area contributed by atoms with Crippen LogP contribution >= 0.6 is 0 Å². The second-order valence-corrected chi connectivity index (χ2v) is 6.23. The van der Waals surface area contributed by atoms with Gasteiger partial charge in [0, 0.05) is 25.7 Å².